The predicted octanol–water partition coefficient (Wildman–Crippen LogP) is 1.82. The average molecular weight is 193 g/mol. The van der Waals surface area contributed by atoms with E-state index >= 15 is 0 Å². The van der Waals surface area contributed by atoms with Crippen LogP contribution in [0.3, 0.4) is 0 Å². The largest absolute Gasteiger partial charge is 0.317 e. The van der Waals surface area contributed by atoms with Crippen molar-refractivity contribution in [2.45, 2.75) is 32.6 Å². The van der Waals surface area contributed by atoms with E-state index in [1.807, 2.05) is 0 Å². The molecule has 0 aliphatic carbocycles. The molecular formula is C11H19N3. The summed E-state index contributed by atoms with van der Waals surface area (Å²) in [4.78, 5) is 0. The standard InChI is InChI=1S/C11H19N3/c1-8-7-11(14-13-8)9(2)10-3-5-12-6-4-10/h7,9-10,12H,3-6H2,1-2H3,(H,13,14). The van der Waals surface area contributed by atoms with Crippen molar-refractivity contribution in [3.63, 3.8) is 0 Å². The van der Waals surface area contributed by atoms with E-state index in [1.165, 1.54) is 37.3 Å². The van der Waals surface area contributed by atoms with E-state index in [2.05, 4.69) is 35.4 Å². The summed E-state index contributed by atoms with van der Waals surface area (Å²) in [6.45, 7) is 6.69. The summed E-state index contributed by atoms with van der Waals surface area (Å²) in [5.41, 5.74) is 2.40. The number of aryl methyl sites for hydroxylation is 1. The highest BCUT2D eigenvalue weighted by Gasteiger charge is 2.22. The highest BCUT2D eigenvalue weighted by Crippen LogP contribution is 2.29. The van der Waals surface area contributed by atoms with Crippen molar-refractivity contribution in [1.29, 1.82) is 0 Å². The summed E-state index contributed by atoms with van der Waals surface area (Å²) >= 11 is 0. The fraction of sp³-hybridized carbons (Fsp3) is 0.727. The second kappa shape index (κ2) is 4.13. The minimum absolute atomic E-state index is 0.599. The van der Waals surface area contributed by atoms with Gasteiger partial charge in [0.15, 0.2) is 0 Å². The molecule has 1 unspecified atom stereocenters. The first-order valence-electron chi connectivity index (χ1n) is 5.50. The second-order valence-electron chi connectivity index (χ2n) is 4.35. The Hall–Kier alpha value is -0.830. The Labute approximate surface area is 85.3 Å². The molecule has 0 bridgehead atoms. The van der Waals surface area contributed by atoms with Gasteiger partial charge in [0.2, 0.25) is 0 Å². The molecule has 78 valence electrons. The Morgan fingerprint density at radius 2 is 2.14 bits per heavy atom. The number of hydrogen-bond acceptors (Lipinski definition) is 2. The van der Waals surface area contributed by atoms with E-state index in [9.17, 15) is 0 Å². The molecule has 1 aromatic heterocycles. The van der Waals surface area contributed by atoms with Gasteiger partial charge in [-0.2, -0.15) is 5.10 Å². The lowest BCUT2D eigenvalue weighted by Crippen LogP contribution is -2.30. The summed E-state index contributed by atoms with van der Waals surface area (Å²) in [5.74, 6) is 1.40. The monoisotopic (exact) mass is 193 g/mol. The van der Waals surface area contributed by atoms with E-state index in [0.29, 0.717) is 5.92 Å². The van der Waals surface area contributed by atoms with E-state index in [-0.39, 0.29) is 0 Å². The lowest BCUT2D eigenvalue weighted by molar-refractivity contribution is 0.326. The molecule has 3 nitrogen and oxygen atoms in total. The molecule has 1 atom stereocenters. The minimum Gasteiger partial charge on any atom is -0.317 e. The maximum atomic E-state index is 4.35. The van der Waals surface area contributed by atoms with Gasteiger partial charge in [-0.15, -0.1) is 0 Å². The van der Waals surface area contributed by atoms with Crippen LogP contribution in [0, 0.1) is 12.8 Å². The molecule has 0 aromatic carbocycles. The number of H-pyrrole nitrogens is 1. The summed E-state index contributed by atoms with van der Waals surface area (Å²) in [7, 11) is 0. The van der Waals surface area contributed by atoms with Crippen molar-refractivity contribution in [3.8, 4) is 0 Å². The maximum absolute atomic E-state index is 4.35. The third kappa shape index (κ3) is 1.98. The van der Waals surface area contributed by atoms with Crippen molar-refractivity contribution in [2.75, 3.05) is 13.1 Å². The molecule has 0 saturated carbocycles. The molecule has 0 spiro atoms. The first-order valence-corrected chi connectivity index (χ1v) is 5.50. The van der Waals surface area contributed by atoms with Crippen LogP contribution in [0.4, 0.5) is 0 Å². The first kappa shape index (κ1) is 9.71. The summed E-state index contributed by atoms with van der Waals surface area (Å²) in [5, 5.41) is 10.8. The normalized spacial score (nSPS) is 21.0. The number of piperidine rings is 1. The van der Waals surface area contributed by atoms with Crippen LogP contribution in [-0.4, -0.2) is 23.3 Å². The first-order chi connectivity index (χ1) is 6.77. The van der Waals surface area contributed by atoms with Crippen LogP contribution in [0.15, 0.2) is 6.07 Å². The van der Waals surface area contributed by atoms with Gasteiger partial charge in [0.05, 0.1) is 5.69 Å². The third-order valence-electron chi connectivity index (χ3n) is 3.28. The molecule has 1 fully saturated rings. The topological polar surface area (TPSA) is 40.7 Å². The van der Waals surface area contributed by atoms with E-state index in [4.69, 9.17) is 0 Å². The molecule has 1 saturated heterocycles. The molecule has 0 amide bonds. The number of nitrogens with zero attached hydrogens (tertiary/aromatic N) is 1. The maximum Gasteiger partial charge on any atom is 0.0655 e. The zero-order valence-corrected chi connectivity index (χ0v) is 9.01. The molecule has 1 aromatic rings. The van der Waals surface area contributed by atoms with Gasteiger partial charge >= 0.3 is 0 Å². The zero-order chi connectivity index (χ0) is 9.97. The SMILES string of the molecule is Cc1cc(C(C)C2CCNCC2)n[nH]1. The number of nitrogens with one attached hydrogen (secondary N) is 2. The molecule has 3 heteroatoms. The quantitative estimate of drug-likeness (QED) is 0.752. The van der Waals surface area contributed by atoms with Gasteiger partial charge in [0.25, 0.3) is 0 Å². The van der Waals surface area contributed by atoms with Gasteiger partial charge in [-0.05, 0) is 44.8 Å². The van der Waals surface area contributed by atoms with E-state index in [1.54, 1.807) is 0 Å². The molecule has 2 heterocycles. The highest BCUT2D eigenvalue weighted by atomic mass is 15.1. The predicted molar refractivity (Wildman–Crippen MR) is 57.3 cm³/mol. The van der Waals surface area contributed by atoms with Crippen molar-refractivity contribution < 1.29 is 0 Å². The van der Waals surface area contributed by atoms with Crippen LogP contribution in [0.1, 0.15) is 37.1 Å². The van der Waals surface area contributed by atoms with Crippen LogP contribution < -0.4 is 5.32 Å². The lowest BCUT2D eigenvalue weighted by atomic mass is 9.84. The smallest absolute Gasteiger partial charge is 0.0655 e. The molecule has 14 heavy (non-hydrogen) atoms. The summed E-state index contributed by atoms with van der Waals surface area (Å²) < 4.78 is 0. The van der Waals surface area contributed by atoms with Crippen molar-refractivity contribution in [2.24, 2.45) is 5.92 Å². The summed E-state index contributed by atoms with van der Waals surface area (Å²) in [6.07, 6.45) is 2.57. The van der Waals surface area contributed by atoms with E-state index < -0.39 is 0 Å². The molecule has 1 aliphatic heterocycles. The van der Waals surface area contributed by atoms with Gasteiger partial charge in [-0.25, -0.2) is 0 Å². The van der Waals surface area contributed by atoms with Crippen molar-refractivity contribution in [3.05, 3.63) is 17.5 Å². The zero-order valence-electron chi connectivity index (χ0n) is 9.01. The molecular weight excluding hydrogens is 174 g/mol. The van der Waals surface area contributed by atoms with Crippen LogP contribution >= 0.6 is 0 Å². The Bertz CT molecular complexity index is 286. The number of aromatic amines is 1. The second-order valence-corrected chi connectivity index (χ2v) is 4.35. The minimum atomic E-state index is 0.599. The lowest BCUT2D eigenvalue weighted by Gasteiger charge is -2.27. The van der Waals surface area contributed by atoms with Gasteiger partial charge in [-0.3, -0.25) is 5.10 Å². The fourth-order valence-corrected chi connectivity index (χ4v) is 2.26. The van der Waals surface area contributed by atoms with Gasteiger partial charge in [-0.1, -0.05) is 6.92 Å². The van der Waals surface area contributed by atoms with Crippen molar-refractivity contribution >= 4 is 0 Å². The Kier molecular flexibility index (Phi) is 2.87. The van der Waals surface area contributed by atoms with Crippen LogP contribution in [0.2, 0.25) is 0 Å². The van der Waals surface area contributed by atoms with Gasteiger partial charge in [0, 0.05) is 11.6 Å². The average Bonchev–Trinajstić information content (AvgIpc) is 2.65. The molecule has 2 N–H and O–H groups in total. The van der Waals surface area contributed by atoms with Gasteiger partial charge < -0.3 is 5.32 Å². The molecule has 0 radical (unpaired) electrons. The highest BCUT2D eigenvalue weighted by molar-refractivity contribution is 5.12. The Balaban J connectivity index is 2.03. The molecule has 2 rings (SSSR count). The van der Waals surface area contributed by atoms with Crippen LogP contribution in [0.5, 0.6) is 0 Å². The van der Waals surface area contributed by atoms with Crippen molar-refractivity contribution in [1.82, 2.24) is 15.5 Å². The van der Waals surface area contributed by atoms with E-state index in [0.717, 1.165) is 5.92 Å². The third-order valence-corrected chi connectivity index (χ3v) is 3.28. The number of rotatable bonds is 2. The van der Waals surface area contributed by atoms with Gasteiger partial charge in [0.1, 0.15) is 0 Å². The van der Waals surface area contributed by atoms with Crippen LogP contribution in [0.25, 0.3) is 0 Å². The summed E-state index contributed by atoms with van der Waals surface area (Å²) in [6, 6.07) is 2.17. The Morgan fingerprint density at radius 3 is 2.71 bits per heavy atom. The Morgan fingerprint density at radius 1 is 1.43 bits per heavy atom. The fourth-order valence-electron chi connectivity index (χ4n) is 2.26. The number of aromatic nitrogens is 2. The molecule has 1 aliphatic rings. The number of hydrogen-bond donors (Lipinski definition) is 2. The van der Waals surface area contributed by atoms with Crippen LogP contribution in [-0.2, 0) is 0 Å².